The monoisotopic (exact) mass is 291 g/mol. The maximum absolute atomic E-state index is 11.2. The molecule has 1 aliphatic heterocycles. The average Bonchev–Trinajstić information content (AvgIpc) is 2.38. The lowest BCUT2D eigenvalue weighted by atomic mass is 10.4. The second kappa shape index (κ2) is 7.25. The first-order valence-corrected chi connectivity index (χ1v) is 7.60. The molecule has 1 fully saturated rings. The number of carbonyl (C=O) groups excluding carboxylic acids is 2. The van der Waals surface area contributed by atoms with E-state index in [0.717, 1.165) is 12.2 Å². The lowest BCUT2D eigenvalue weighted by Crippen LogP contribution is -2.41. The van der Waals surface area contributed by atoms with Gasteiger partial charge in [0.05, 0.1) is 18.6 Å². The molecule has 1 heterocycles. The van der Waals surface area contributed by atoms with Crippen molar-refractivity contribution in [3.05, 3.63) is 12.2 Å². The first-order chi connectivity index (χ1) is 8.93. The van der Waals surface area contributed by atoms with Crippen LogP contribution in [-0.4, -0.2) is 70.1 Å². The summed E-state index contributed by atoms with van der Waals surface area (Å²) in [5.74, 6) is -0.972. The highest BCUT2D eigenvalue weighted by atomic mass is 32.2. The van der Waals surface area contributed by atoms with Gasteiger partial charge in [-0.3, -0.25) is 4.90 Å². The van der Waals surface area contributed by atoms with E-state index < -0.39 is 21.8 Å². The van der Waals surface area contributed by atoms with Crippen molar-refractivity contribution in [2.75, 3.05) is 44.9 Å². The van der Waals surface area contributed by atoms with E-state index in [2.05, 4.69) is 4.74 Å². The minimum atomic E-state index is -2.89. The first kappa shape index (κ1) is 15.6. The molecule has 0 N–H and O–H groups in total. The topological polar surface area (TPSA) is 90.0 Å². The van der Waals surface area contributed by atoms with Gasteiger partial charge in [-0.05, 0) is 0 Å². The minimum absolute atomic E-state index is 0.142. The zero-order chi connectivity index (χ0) is 14.3. The second-order valence-corrected chi connectivity index (χ2v) is 6.32. The van der Waals surface area contributed by atoms with Crippen molar-refractivity contribution < 1.29 is 27.5 Å². The molecule has 1 aliphatic rings. The second-order valence-electron chi connectivity index (χ2n) is 4.02. The van der Waals surface area contributed by atoms with Crippen LogP contribution in [0.2, 0.25) is 0 Å². The molecule has 0 bridgehead atoms. The third-order valence-electron chi connectivity index (χ3n) is 2.65. The molecule has 7 nitrogen and oxygen atoms in total. The smallest absolute Gasteiger partial charge is 0.331 e. The van der Waals surface area contributed by atoms with Crippen LogP contribution in [0, 0.1) is 0 Å². The summed E-state index contributed by atoms with van der Waals surface area (Å²) < 4.78 is 31.6. The molecule has 0 aromatic rings. The molecule has 0 amide bonds. The quantitative estimate of drug-likeness (QED) is 0.473. The van der Waals surface area contributed by atoms with Crippen LogP contribution in [0.5, 0.6) is 0 Å². The van der Waals surface area contributed by atoms with Gasteiger partial charge in [0.1, 0.15) is 6.61 Å². The van der Waals surface area contributed by atoms with Gasteiger partial charge in [-0.25, -0.2) is 18.0 Å². The van der Waals surface area contributed by atoms with E-state index in [4.69, 9.17) is 4.74 Å². The zero-order valence-corrected chi connectivity index (χ0v) is 11.5. The fourth-order valence-electron chi connectivity index (χ4n) is 1.50. The predicted molar refractivity (Wildman–Crippen MR) is 67.2 cm³/mol. The maximum atomic E-state index is 11.2. The summed E-state index contributed by atoms with van der Waals surface area (Å²) >= 11 is 0. The molecule has 0 aliphatic carbocycles. The van der Waals surface area contributed by atoms with E-state index in [1.165, 1.54) is 7.11 Å². The molecule has 1 rings (SSSR count). The Morgan fingerprint density at radius 1 is 1.16 bits per heavy atom. The highest BCUT2D eigenvalue weighted by Gasteiger charge is 2.21. The third kappa shape index (κ3) is 6.35. The highest BCUT2D eigenvalue weighted by molar-refractivity contribution is 7.91. The fourth-order valence-corrected chi connectivity index (χ4v) is 2.78. The zero-order valence-electron chi connectivity index (χ0n) is 10.7. The number of ether oxygens (including phenoxy) is 2. The van der Waals surface area contributed by atoms with Crippen LogP contribution < -0.4 is 0 Å². The van der Waals surface area contributed by atoms with Crippen LogP contribution in [0.4, 0.5) is 0 Å². The molecular formula is C11H17NO6S. The van der Waals surface area contributed by atoms with E-state index in [1.54, 1.807) is 0 Å². The SMILES string of the molecule is COC(=O)/C=C/C(=O)OCCN1CCS(=O)(=O)CC1. The predicted octanol–water partition coefficient (Wildman–Crippen LogP) is -1.01. The number of hydrogen-bond acceptors (Lipinski definition) is 7. The van der Waals surface area contributed by atoms with Gasteiger partial charge in [0, 0.05) is 31.8 Å². The molecule has 0 atom stereocenters. The Hall–Kier alpha value is -1.41. The molecule has 0 unspecified atom stereocenters. The average molecular weight is 291 g/mol. The fraction of sp³-hybridized carbons (Fsp3) is 0.636. The van der Waals surface area contributed by atoms with E-state index in [9.17, 15) is 18.0 Å². The summed E-state index contributed by atoms with van der Waals surface area (Å²) in [6, 6.07) is 0. The van der Waals surface area contributed by atoms with Crippen molar-refractivity contribution in [1.29, 1.82) is 0 Å². The Bertz CT molecular complexity index is 442. The molecule has 19 heavy (non-hydrogen) atoms. The number of hydrogen-bond donors (Lipinski definition) is 0. The summed E-state index contributed by atoms with van der Waals surface area (Å²) in [5.41, 5.74) is 0. The van der Waals surface area contributed by atoms with Gasteiger partial charge in [0.25, 0.3) is 0 Å². The molecule has 0 aromatic heterocycles. The van der Waals surface area contributed by atoms with Gasteiger partial charge in [-0.1, -0.05) is 0 Å². The molecule has 108 valence electrons. The van der Waals surface area contributed by atoms with E-state index in [1.807, 2.05) is 4.90 Å². The van der Waals surface area contributed by atoms with Crippen molar-refractivity contribution in [2.45, 2.75) is 0 Å². The number of rotatable bonds is 5. The number of esters is 2. The van der Waals surface area contributed by atoms with Crippen LogP contribution in [0.1, 0.15) is 0 Å². The largest absolute Gasteiger partial charge is 0.466 e. The molecule has 1 saturated heterocycles. The van der Waals surface area contributed by atoms with Crippen molar-refractivity contribution in [3.8, 4) is 0 Å². The van der Waals surface area contributed by atoms with Gasteiger partial charge in [-0.2, -0.15) is 0 Å². The third-order valence-corrected chi connectivity index (χ3v) is 4.25. The van der Waals surface area contributed by atoms with E-state index in [0.29, 0.717) is 19.6 Å². The summed E-state index contributed by atoms with van der Waals surface area (Å²) in [4.78, 5) is 23.8. The van der Waals surface area contributed by atoms with Crippen LogP contribution in [-0.2, 0) is 28.9 Å². The van der Waals surface area contributed by atoms with Crippen LogP contribution in [0.25, 0.3) is 0 Å². The molecule has 0 spiro atoms. The van der Waals surface area contributed by atoms with Gasteiger partial charge in [-0.15, -0.1) is 0 Å². The Kier molecular flexibility index (Phi) is 5.97. The van der Waals surface area contributed by atoms with Gasteiger partial charge in [0.2, 0.25) is 0 Å². The number of sulfone groups is 1. The number of methoxy groups -OCH3 is 1. The summed E-state index contributed by atoms with van der Waals surface area (Å²) in [6.07, 6.45) is 1.97. The minimum Gasteiger partial charge on any atom is -0.466 e. The van der Waals surface area contributed by atoms with Crippen molar-refractivity contribution in [1.82, 2.24) is 4.90 Å². The molecule has 0 saturated carbocycles. The summed E-state index contributed by atoms with van der Waals surface area (Å²) in [7, 11) is -1.68. The molecule has 0 radical (unpaired) electrons. The number of nitrogens with zero attached hydrogens (tertiary/aromatic N) is 1. The molecule has 0 aromatic carbocycles. The highest BCUT2D eigenvalue weighted by Crippen LogP contribution is 2.03. The van der Waals surface area contributed by atoms with Crippen molar-refractivity contribution >= 4 is 21.8 Å². The summed E-state index contributed by atoms with van der Waals surface area (Å²) in [6.45, 7) is 1.55. The van der Waals surface area contributed by atoms with Gasteiger partial charge < -0.3 is 9.47 Å². The normalized spacial score (nSPS) is 19.2. The Balaban J connectivity index is 2.19. The lowest BCUT2D eigenvalue weighted by Gasteiger charge is -2.25. The van der Waals surface area contributed by atoms with Gasteiger partial charge in [0.15, 0.2) is 9.84 Å². The van der Waals surface area contributed by atoms with Crippen LogP contribution in [0.3, 0.4) is 0 Å². The van der Waals surface area contributed by atoms with Gasteiger partial charge >= 0.3 is 11.9 Å². The van der Waals surface area contributed by atoms with E-state index in [-0.39, 0.29) is 18.1 Å². The molecule has 8 heteroatoms. The maximum Gasteiger partial charge on any atom is 0.331 e. The van der Waals surface area contributed by atoms with E-state index >= 15 is 0 Å². The Morgan fingerprint density at radius 3 is 2.32 bits per heavy atom. The Morgan fingerprint density at radius 2 is 1.74 bits per heavy atom. The van der Waals surface area contributed by atoms with Crippen molar-refractivity contribution in [2.24, 2.45) is 0 Å². The van der Waals surface area contributed by atoms with Crippen LogP contribution >= 0.6 is 0 Å². The standard InChI is InChI=1S/C11H17NO6S/c1-17-10(13)2-3-11(14)18-7-4-12-5-8-19(15,16)9-6-12/h2-3H,4-9H2,1H3/b3-2+. The lowest BCUT2D eigenvalue weighted by molar-refractivity contribution is -0.139. The summed E-state index contributed by atoms with van der Waals surface area (Å²) in [5, 5.41) is 0. The van der Waals surface area contributed by atoms with Crippen LogP contribution in [0.15, 0.2) is 12.2 Å². The Labute approximate surface area is 112 Å². The van der Waals surface area contributed by atoms with Crippen molar-refractivity contribution in [3.63, 3.8) is 0 Å². The molecular weight excluding hydrogens is 274 g/mol. The number of carbonyl (C=O) groups is 2. The first-order valence-electron chi connectivity index (χ1n) is 5.78.